The van der Waals surface area contributed by atoms with E-state index in [-0.39, 0.29) is 0 Å². The van der Waals surface area contributed by atoms with Crippen molar-refractivity contribution in [2.24, 2.45) is 0 Å². The van der Waals surface area contributed by atoms with Crippen LogP contribution >= 0.6 is 11.3 Å². The molecule has 0 amide bonds. The second kappa shape index (κ2) is 11.2. The van der Waals surface area contributed by atoms with Crippen molar-refractivity contribution in [1.82, 2.24) is 0 Å². The average molecular weight is 644 g/mol. The van der Waals surface area contributed by atoms with Crippen LogP contribution in [0, 0.1) is 0 Å². The summed E-state index contributed by atoms with van der Waals surface area (Å²) in [5, 5.41) is 7.49. The first-order valence-corrected chi connectivity index (χ1v) is 17.4. The van der Waals surface area contributed by atoms with Gasteiger partial charge in [-0.3, -0.25) is 0 Å². The lowest BCUT2D eigenvalue weighted by Gasteiger charge is -2.28. The zero-order chi connectivity index (χ0) is 32.3. The number of fused-ring (bicyclic) bond motifs is 8. The second-order valence-electron chi connectivity index (χ2n) is 12.5. The highest BCUT2D eigenvalue weighted by atomic mass is 32.1. The van der Waals surface area contributed by atoms with E-state index in [0.717, 1.165) is 39.0 Å². The Bertz CT molecular complexity index is 2830. The molecule has 2 aromatic heterocycles. The molecule has 2 nitrogen and oxygen atoms in total. The molecule has 0 spiro atoms. The molecule has 0 aliphatic heterocycles. The van der Waals surface area contributed by atoms with E-state index in [0.29, 0.717) is 0 Å². The fourth-order valence-corrected chi connectivity index (χ4v) is 8.62. The van der Waals surface area contributed by atoms with Crippen molar-refractivity contribution in [2.45, 2.75) is 0 Å². The highest BCUT2D eigenvalue weighted by molar-refractivity contribution is 7.26. The van der Waals surface area contributed by atoms with Crippen LogP contribution in [0.4, 0.5) is 17.1 Å². The first-order valence-electron chi connectivity index (χ1n) is 16.6. The van der Waals surface area contributed by atoms with Crippen LogP contribution in [-0.4, -0.2) is 0 Å². The van der Waals surface area contributed by atoms with Gasteiger partial charge in [0.1, 0.15) is 11.2 Å². The molecule has 0 saturated heterocycles. The Labute approximate surface area is 287 Å². The number of rotatable bonds is 5. The molecule has 3 heteroatoms. The Hall–Kier alpha value is -6.16. The molecule has 0 N–H and O–H groups in total. The number of benzene rings is 8. The van der Waals surface area contributed by atoms with E-state index in [4.69, 9.17) is 4.42 Å². The summed E-state index contributed by atoms with van der Waals surface area (Å²) >= 11 is 1.88. The molecule has 0 radical (unpaired) electrons. The molecule has 0 atom stereocenters. The Balaban J connectivity index is 1.13. The summed E-state index contributed by atoms with van der Waals surface area (Å²) in [4.78, 5) is 2.35. The second-order valence-corrected chi connectivity index (χ2v) is 13.5. The number of para-hydroxylation sites is 2. The Kier molecular flexibility index (Phi) is 6.39. The third kappa shape index (κ3) is 4.55. The number of nitrogens with zero attached hydrogens (tertiary/aromatic N) is 1. The van der Waals surface area contributed by atoms with E-state index < -0.39 is 0 Å². The molecule has 2 heterocycles. The SMILES string of the molecule is c1ccc(-c2ccccc2N(c2ccc(-c3cccc4c3ccc3c5ccccc5sc43)cc2)c2ccc3c(c2)oc2ccccc23)cc1. The van der Waals surface area contributed by atoms with Crippen LogP contribution in [0.1, 0.15) is 0 Å². The Morgan fingerprint density at radius 3 is 1.90 bits per heavy atom. The zero-order valence-corrected chi connectivity index (χ0v) is 27.3. The molecule has 0 aliphatic rings. The minimum Gasteiger partial charge on any atom is -0.456 e. The molecule has 10 rings (SSSR count). The molecule has 0 fully saturated rings. The maximum Gasteiger partial charge on any atom is 0.137 e. The van der Waals surface area contributed by atoms with Crippen LogP contribution in [0.25, 0.3) is 75.1 Å². The summed E-state index contributed by atoms with van der Waals surface area (Å²) in [7, 11) is 0. The number of thiophene rings is 1. The largest absolute Gasteiger partial charge is 0.456 e. The highest BCUT2D eigenvalue weighted by Crippen LogP contribution is 2.44. The maximum atomic E-state index is 6.37. The predicted octanol–water partition coefficient (Wildman–Crippen LogP) is 13.9. The van der Waals surface area contributed by atoms with Crippen LogP contribution in [0.3, 0.4) is 0 Å². The number of hydrogen-bond acceptors (Lipinski definition) is 3. The topological polar surface area (TPSA) is 16.4 Å². The van der Waals surface area contributed by atoms with Gasteiger partial charge in [0.05, 0.1) is 5.69 Å². The highest BCUT2D eigenvalue weighted by Gasteiger charge is 2.19. The fraction of sp³-hybridized carbons (Fsp3) is 0. The van der Waals surface area contributed by atoms with Gasteiger partial charge in [-0.1, -0.05) is 127 Å². The minimum atomic E-state index is 0.876. The van der Waals surface area contributed by atoms with Crippen molar-refractivity contribution in [1.29, 1.82) is 0 Å². The zero-order valence-electron chi connectivity index (χ0n) is 26.5. The Morgan fingerprint density at radius 2 is 1.00 bits per heavy atom. The summed E-state index contributed by atoms with van der Waals surface area (Å²) in [6.45, 7) is 0. The number of anilines is 3. The van der Waals surface area contributed by atoms with E-state index in [1.807, 2.05) is 23.5 Å². The number of hydrogen-bond donors (Lipinski definition) is 0. The van der Waals surface area contributed by atoms with E-state index in [1.165, 1.54) is 53.2 Å². The van der Waals surface area contributed by atoms with Gasteiger partial charge >= 0.3 is 0 Å². The third-order valence-electron chi connectivity index (χ3n) is 9.69. The molecule has 10 aromatic rings. The summed E-state index contributed by atoms with van der Waals surface area (Å²) < 4.78 is 9.05. The van der Waals surface area contributed by atoms with Crippen LogP contribution in [0.15, 0.2) is 180 Å². The third-order valence-corrected chi connectivity index (χ3v) is 10.9. The van der Waals surface area contributed by atoms with Gasteiger partial charge in [0.25, 0.3) is 0 Å². The fourth-order valence-electron chi connectivity index (χ4n) is 7.39. The maximum absolute atomic E-state index is 6.37. The van der Waals surface area contributed by atoms with E-state index in [9.17, 15) is 0 Å². The van der Waals surface area contributed by atoms with Gasteiger partial charge in [0, 0.05) is 59.3 Å². The molecule has 49 heavy (non-hydrogen) atoms. The van der Waals surface area contributed by atoms with Crippen LogP contribution < -0.4 is 4.90 Å². The van der Waals surface area contributed by atoms with Crippen molar-refractivity contribution in [3.63, 3.8) is 0 Å². The van der Waals surface area contributed by atoms with Gasteiger partial charge in [-0.15, -0.1) is 11.3 Å². The molecule has 0 saturated carbocycles. The van der Waals surface area contributed by atoms with Crippen LogP contribution in [0.5, 0.6) is 0 Å². The molecule has 0 bridgehead atoms. The summed E-state index contributed by atoms with van der Waals surface area (Å²) in [5.41, 5.74) is 9.77. The average Bonchev–Trinajstić information content (AvgIpc) is 3.74. The van der Waals surface area contributed by atoms with Gasteiger partial charge in [-0.2, -0.15) is 0 Å². The van der Waals surface area contributed by atoms with Gasteiger partial charge < -0.3 is 9.32 Å². The molecule has 0 aliphatic carbocycles. The summed E-state index contributed by atoms with van der Waals surface area (Å²) in [6.07, 6.45) is 0. The van der Waals surface area contributed by atoms with E-state index >= 15 is 0 Å². The van der Waals surface area contributed by atoms with E-state index in [1.54, 1.807) is 0 Å². The van der Waals surface area contributed by atoms with Crippen molar-refractivity contribution in [3.8, 4) is 22.3 Å². The lowest BCUT2D eigenvalue weighted by Crippen LogP contribution is -2.11. The minimum absolute atomic E-state index is 0.876. The van der Waals surface area contributed by atoms with E-state index in [2.05, 4.69) is 169 Å². The first kappa shape index (κ1) is 27.9. The van der Waals surface area contributed by atoms with Gasteiger partial charge in [-0.25, -0.2) is 0 Å². The molecular formula is C46H29NOS. The van der Waals surface area contributed by atoms with Crippen molar-refractivity contribution >= 4 is 81.3 Å². The molecular weight excluding hydrogens is 615 g/mol. The van der Waals surface area contributed by atoms with Gasteiger partial charge in [-0.05, 0) is 64.5 Å². The summed E-state index contributed by atoms with van der Waals surface area (Å²) in [5.74, 6) is 0. The monoisotopic (exact) mass is 643 g/mol. The lowest BCUT2D eigenvalue weighted by molar-refractivity contribution is 0.669. The van der Waals surface area contributed by atoms with Gasteiger partial charge in [0.15, 0.2) is 0 Å². The first-order chi connectivity index (χ1) is 24.3. The van der Waals surface area contributed by atoms with Crippen LogP contribution in [0.2, 0.25) is 0 Å². The number of furan rings is 1. The predicted molar refractivity (Wildman–Crippen MR) is 210 cm³/mol. The smallest absolute Gasteiger partial charge is 0.137 e. The molecule has 8 aromatic carbocycles. The van der Waals surface area contributed by atoms with Gasteiger partial charge in [0.2, 0.25) is 0 Å². The Morgan fingerprint density at radius 1 is 0.388 bits per heavy atom. The summed E-state index contributed by atoms with van der Waals surface area (Å²) in [6, 6.07) is 63.1. The van der Waals surface area contributed by atoms with Crippen LogP contribution in [-0.2, 0) is 0 Å². The van der Waals surface area contributed by atoms with Crippen molar-refractivity contribution < 1.29 is 4.42 Å². The molecule has 0 unspecified atom stereocenters. The van der Waals surface area contributed by atoms with Crippen molar-refractivity contribution in [2.75, 3.05) is 4.90 Å². The van der Waals surface area contributed by atoms with Crippen molar-refractivity contribution in [3.05, 3.63) is 176 Å². The lowest BCUT2D eigenvalue weighted by atomic mass is 9.96. The normalized spacial score (nSPS) is 11.7. The molecule has 230 valence electrons. The quantitative estimate of drug-likeness (QED) is 0.186. The standard InChI is InChI=1S/C46H29NOS/c1-2-11-30(12-3-1)35-13-4-7-18-42(35)47(33-25-26-38-37-14-5-8-19-43(37)48-44(38)29-33)32-23-21-31(22-24-32)34-16-10-17-40-36(34)27-28-41-39-15-6-9-20-45(39)49-46(40)41/h1-29H.